The number of hydrogen-bond donors (Lipinski definition) is 0. The van der Waals surface area contributed by atoms with Crippen molar-refractivity contribution in [3.8, 4) is 5.75 Å². The van der Waals surface area contributed by atoms with Crippen molar-refractivity contribution in [1.29, 1.82) is 0 Å². The van der Waals surface area contributed by atoms with Crippen molar-refractivity contribution < 1.29 is 19.1 Å². The third-order valence-electron chi connectivity index (χ3n) is 3.69. The lowest BCUT2D eigenvalue weighted by Crippen LogP contribution is -2.15. The highest BCUT2D eigenvalue weighted by Gasteiger charge is 2.41. The topological polar surface area (TPSA) is 52.6 Å². The second-order valence-corrected chi connectivity index (χ2v) is 4.87. The van der Waals surface area contributed by atoms with E-state index in [4.69, 9.17) is 9.47 Å². The Bertz CT molecular complexity index is 561. The van der Waals surface area contributed by atoms with Crippen molar-refractivity contribution in [2.75, 3.05) is 6.61 Å². The summed E-state index contributed by atoms with van der Waals surface area (Å²) in [6.45, 7) is 3.54. The minimum atomic E-state index is -0.492. The highest BCUT2D eigenvalue weighted by molar-refractivity contribution is 5.88. The molecule has 0 radical (unpaired) electrons. The van der Waals surface area contributed by atoms with Gasteiger partial charge in [-0.25, -0.2) is 4.79 Å². The quantitative estimate of drug-likeness (QED) is 0.462. The zero-order valence-electron chi connectivity index (χ0n) is 10.4. The zero-order valence-corrected chi connectivity index (χ0v) is 10.4. The number of aldehydes is 1. The van der Waals surface area contributed by atoms with E-state index in [1.807, 2.05) is 12.1 Å². The summed E-state index contributed by atoms with van der Waals surface area (Å²) in [6.07, 6.45) is 2.16. The molecule has 19 heavy (non-hydrogen) atoms. The second-order valence-electron chi connectivity index (χ2n) is 4.87. The van der Waals surface area contributed by atoms with E-state index < -0.39 is 5.97 Å². The fourth-order valence-electron chi connectivity index (χ4n) is 2.86. The Morgan fingerprint density at radius 2 is 2.37 bits per heavy atom. The molecular weight excluding hydrogens is 244 g/mol. The molecule has 0 saturated carbocycles. The fourth-order valence-corrected chi connectivity index (χ4v) is 2.86. The monoisotopic (exact) mass is 258 g/mol. The number of hydrogen-bond acceptors (Lipinski definition) is 4. The number of rotatable bonds is 5. The molecule has 0 spiro atoms. The highest BCUT2D eigenvalue weighted by Crippen LogP contribution is 2.55. The van der Waals surface area contributed by atoms with Crippen LogP contribution in [0.5, 0.6) is 5.75 Å². The van der Waals surface area contributed by atoms with Crippen molar-refractivity contribution in [2.24, 2.45) is 0 Å². The first kappa shape index (κ1) is 12.0. The van der Waals surface area contributed by atoms with Gasteiger partial charge >= 0.3 is 5.97 Å². The van der Waals surface area contributed by atoms with E-state index in [9.17, 15) is 9.59 Å². The van der Waals surface area contributed by atoms with Crippen molar-refractivity contribution in [2.45, 2.75) is 24.9 Å². The first-order valence-electron chi connectivity index (χ1n) is 6.28. The molecule has 2 unspecified atom stereocenters. The van der Waals surface area contributed by atoms with Gasteiger partial charge in [0.2, 0.25) is 0 Å². The van der Waals surface area contributed by atoms with Crippen LogP contribution in [0.15, 0.2) is 30.4 Å². The molecule has 4 nitrogen and oxygen atoms in total. The van der Waals surface area contributed by atoms with Gasteiger partial charge in [-0.15, -0.1) is 0 Å². The smallest absolute Gasteiger partial charge is 0.333 e. The molecule has 0 bridgehead atoms. The lowest BCUT2D eigenvalue weighted by Gasteiger charge is -2.27. The summed E-state index contributed by atoms with van der Waals surface area (Å²) in [4.78, 5) is 21.8. The largest absolute Gasteiger partial charge is 0.485 e. The number of esters is 1. The maximum atomic E-state index is 11.6. The average molecular weight is 258 g/mol. The van der Waals surface area contributed by atoms with E-state index in [1.165, 1.54) is 11.1 Å². The van der Waals surface area contributed by atoms with Gasteiger partial charge in [-0.05, 0) is 30.4 Å². The molecule has 0 amide bonds. The summed E-state index contributed by atoms with van der Waals surface area (Å²) in [6, 6.07) is 6.01. The van der Waals surface area contributed by atoms with Crippen LogP contribution in [-0.4, -0.2) is 18.9 Å². The third-order valence-corrected chi connectivity index (χ3v) is 3.69. The maximum absolute atomic E-state index is 11.6. The standard InChI is InChI=1S/C15H14O4/c1-9(15(17)18-6-5-16)7-10-8-13-14-11(10)3-2-4-12(14)19-13/h2-5,10,13H,1,6-8H2. The van der Waals surface area contributed by atoms with Gasteiger partial charge in [0.05, 0.1) is 0 Å². The van der Waals surface area contributed by atoms with Gasteiger partial charge in [0.1, 0.15) is 18.5 Å². The molecule has 1 aliphatic heterocycles. The van der Waals surface area contributed by atoms with Gasteiger partial charge in [0.25, 0.3) is 0 Å². The molecule has 1 aliphatic carbocycles. The van der Waals surface area contributed by atoms with Crippen LogP contribution in [-0.2, 0) is 14.3 Å². The predicted octanol–water partition coefficient (Wildman–Crippen LogP) is 2.30. The van der Waals surface area contributed by atoms with E-state index in [-0.39, 0.29) is 18.6 Å². The summed E-state index contributed by atoms with van der Waals surface area (Å²) < 4.78 is 10.4. The van der Waals surface area contributed by atoms with Gasteiger partial charge in [-0.2, -0.15) is 0 Å². The first-order valence-corrected chi connectivity index (χ1v) is 6.28. The van der Waals surface area contributed by atoms with Crippen molar-refractivity contribution >= 4 is 12.3 Å². The van der Waals surface area contributed by atoms with E-state index >= 15 is 0 Å². The average Bonchev–Trinajstić information content (AvgIpc) is 2.71. The Kier molecular flexibility index (Phi) is 2.85. The molecule has 1 heterocycles. The van der Waals surface area contributed by atoms with Gasteiger partial charge in [0.15, 0.2) is 6.29 Å². The van der Waals surface area contributed by atoms with Gasteiger partial charge < -0.3 is 9.47 Å². The van der Waals surface area contributed by atoms with Crippen LogP contribution in [0.4, 0.5) is 0 Å². The van der Waals surface area contributed by atoms with Crippen LogP contribution < -0.4 is 4.74 Å². The van der Waals surface area contributed by atoms with Crippen LogP contribution in [0.3, 0.4) is 0 Å². The van der Waals surface area contributed by atoms with Crippen molar-refractivity contribution in [3.63, 3.8) is 0 Å². The number of ether oxygens (including phenoxy) is 2. The first-order chi connectivity index (χ1) is 9.20. The molecular formula is C15H14O4. The van der Waals surface area contributed by atoms with Crippen LogP contribution in [0.25, 0.3) is 0 Å². The number of carbonyl (C=O) groups excluding carboxylic acids is 2. The molecule has 3 rings (SSSR count). The van der Waals surface area contributed by atoms with E-state index in [0.29, 0.717) is 18.3 Å². The predicted molar refractivity (Wildman–Crippen MR) is 67.9 cm³/mol. The minimum absolute atomic E-state index is 0.176. The van der Waals surface area contributed by atoms with Gasteiger partial charge in [-0.3, -0.25) is 4.79 Å². The summed E-state index contributed by atoms with van der Waals surface area (Å²) in [5.41, 5.74) is 2.94. The SMILES string of the molecule is C=C(CC1CC2Oc3cccc1c32)C(=O)OCC=O. The van der Waals surface area contributed by atoms with Crippen molar-refractivity contribution in [3.05, 3.63) is 41.5 Å². The van der Waals surface area contributed by atoms with Crippen LogP contribution in [0.2, 0.25) is 0 Å². The molecule has 2 aliphatic rings. The summed E-state index contributed by atoms with van der Waals surface area (Å²) in [5.74, 6) is 0.714. The Labute approximate surface area is 111 Å². The van der Waals surface area contributed by atoms with Crippen LogP contribution in [0.1, 0.15) is 36.0 Å². The molecule has 2 atom stereocenters. The zero-order chi connectivity index (χ0) is 13.4. The Balaban J connectivity index is 1.68. The van der Waals surface area contributed by atoms with Crippen LogP contribution >= 0.6 is 0 Å². The third kappa shape index (κ3) is 1.93. The molecule has 1 aromatic carbocycles. The maximum Gasteiger partial charge on any atom is 0.333 e. The lowest BCUT2D eigenvalue weighted by atomic mass is 9.94. The fraction of sp³-hybridized carbons (Fsp3) is 0.333. The Morgan fingerprint density at radius 1 is 1.53 bits per heavy atom. The molecule has 0 saturated heterocycles. The molecule has 98 valence electrons. The molecule has 0 N–H and O–H groups in total. The minimum Gasteiger partial charge on any atom is -0.485 e. The molecule has 4 heteroatoms. The van der Waals surface area contributed by atoms with Gasteiger partial charge in [-0.1, -0.05) is 18.7 Å². The number of carbonyl (C=O) groups is 2. The van der Waals surface area contributed by atoms with Crippen LogP contribution in [0, 0.1) is 0 Å². The highest BCUT2D eigenvalue weighted by atomic mass is 16.5. The van der Waals surface area contributed by atoms with E-state index in [0.717, 1.165) is 12.2 Å². The Morgan fingerprint density at radius 3 is 3.16 bits per heavy atom. The van der Waals surface area contributed by atoms with Crippen molar-refractivity contribution in [1.82, 2.24) is 0 Å². The van der Waals surface area contributed by atoms with E-state index in [1.54, 1.807) is 0 Å². The lowest BCUT2D eigenvalue weighted by molar-refractivity contribution is -0.141. The van der Waals surface area contributed by atoms with E-state index in [2.05, 4.69) is 12.6 Å². The molecule has 0 fully saturated rings. The Hall–Kier alpha value is -2.10. The second kappa shape index (κ2) is 4.53. The molecule has 0 aromatic heterocycles. The summed E-state index contributed by atoms with van der Waals surface area (Å²) >= 11 is 0. The number of benzene rings is 1. The summed E-state index contributed by atoms with van der Waals surface area (Å²) in [7, 11) is 0. The van der Waals surface area contributed by atoms with Gasteiger partial charge in [0, 0.05) is 11.1 Å². The molecule has 1 aromatic rings. The summed E-state index contributed by atoms with van der Waals surface area (Å²) in [5, 5.41) is 0. The normalized spacial score (nSPS) is 21.9.